The number of hydrogen-bond acceptors (Lipinski definition) is 5. The second kappa shape index (κ2) is 7.12. The summed E-state index contributed by atoms with van der Waals surface area (Å²) in [4.78, 5) is 19.9. The Hall–Kier alpha value is -1.73. The Morgan fingerprint density at radius 1 is 1.35 bits per heavy atom. The first kappa shape index (κ1) is 17.7. The number of hydrogen-bond donors (Lipinski definition) is 0. The van der Waals surface area contributed by atoms with Gasteiger partial charge < -0.3 is 0 Å². The molecule has 3 heterocycles. The maximum atomic E-state index is 13.4. The van der Waals surface area contributed by atoms with E-state index < -0.39 is 0 Å². The molecule has 138 valence electrons. The van der Waals surface area contributed by atoms with Crippen molar-refractivity contribution < 1.29 is 9.18 Å². The highest BCUT2D eigenvalue weighted by Gasteiger charge is 2.43. The summed E-state index contributed by atoms with van der Waals surface area (Å²) in [5, 5.41) is 4.72. The number of carbonyl (C=O) groups is 1. The van der Waals surface area contributed by atoms with Crippen molar-refractivity contribution in [2.45, 2.75) is 49.6 Å². The molecular weight excluding hydrogens is 351 g/mol. The fourth-order valence-electron chi connectivity index (χ4n) is 3.91. The van der Waals surface area contributed by atoms with E-state index in [2.05, 4.69) is 21.9 Å². The molecule has 3 unspecified atom stereocenters. The molecule has 0 bridgehead atoms. The Balaban J connectivity index is 1.68. The van der Waals surface area contributed by atoms with Crippen molar-refractivity contribution in [2.24, 2.45) is 5.92 Å². The van der Waals surface area contributed by atoms with E-state index in [1.807, 2.05) is 6.92 Å². The van der Waals surface area contributed by atoms with Crippen LogP contribution in [0.4, 0.5) is 4.39 Å². The van der Waals surface area contributed by atoms with Crippen LogP contribution >= 0.6 is 11.8 Å². The number of fused-ring (bicyclic) bond motifs is 1. The Bertz CT molecular complexity index is 806. The zero-order valence-electron chi connectivity index (χ0n) is 15.1. The van der Waals surface area contributed by atoms with Gasteiger partial charge >= 0.3 is 0 Å². The Labute approximate surface area is 157 Å². The van der Waals surface area contributed by atoms with Gasteiger partial charge in [-0.05, 0) is 43.0 Å². The summed E-state index contributed by atoms with van der Waals surface area (Å²) < 4.78 is 14.9. The lowest BCUT2D eigenvalue weighted by molar-refractivity contribution is 0.0787. The van der Waals surface area contributed by atoms with Gasteiger partial charge in [0.15, 0.2) is 11.0 Å². The van der Waals surface area contributed by atoms with E-state index in [0.29, 0.717) is 23.3 Å². The van der Waals surface area contributed by atoms with Gasteiger partial charge in [-0.1, -0.05) is 37.7 Å². The maximum Gasteiger partial charge on any atom is 0.264 e. The minimum Gasteiger partial charge on any atom is -0.294 e. The zero-order chi connectivity index (χ0) is 18.3. The molecule has 1 aromatic carbocycles. The molecule has 2 aliphatic rings. The summed E-state index contributed by atoms with van der Waals surface area (Å²) in [6, 6.07) is 6.47. The number of carbonyl (C=O) groups excluding carboxylic acids is 1. The van der Waals surface area contributed by atoms with Crippen molar-refractivity contribution in [3.63, 3.8) is 0 Å². The smallest absolute Gasteiger partial charge is 0.264 e. The average Bonchev–Trinajstić information content (AvgIpc) is 3.17. The third-order valence-corrected chi connectivity index (χ3v) is 6.39. The van der Waals surface area contributed by atoms with Crippen LogP contribution in [-0.2, 0) is 6.42 Å². The molecule has 7 heteroatoms. The summed E-state index contributed by atoms with van der Waals surface area (Å²) in [6.45, 7) is 6.13. The average molecular weight is 374 g/mol. The number of aromatic nitrogens is 3. The predicted molar refractivity (Wildman–Crippen MR) is 98.8 cm³/mol. The molecule has 5 nitrogen and oxygen atoms in total. The Morgan fingerprint density at radius 2 is 2.12 bits per heavy atom. The van der Waals surface area contributed by atoms with E-state index in [-0.39, 0.29) is 23.0 Å². The maximum absolute atomic E-state index is 13.4. The third-order valence-electron chi connectivity index (χ3n) is 5.20. The second-order valence-electron chi connectivity index (χ2n) is 7.19. The molecular formula is C19H23FN4OS. The quantitative estimate of drug-likeness (QED) is 0.819. The van der Waals surface area contributed by atoms with Crippen molar-refractivity contribution in [3.05, 3.63) is 41.5 Å². The third kappa shape index (κ3) is 3.18. The molecule has 0 aliphatic carbocycles. The summed E-state index contributed by atoms with van der Waals surface area (Å²) in [6.07, 6.45) is 3.04. The van der Waals surface area contributed by atoms with Crippen LogP contribution in [0.1, 0.15) is 48.9 Å². The van der Waals surface area contributed by atoms with Gasteiger partial charge in [0, 0.05) is 13.0 Å². The molecule has 0 spiro atoms. The van der Waals surface area contributed by atoms with Crippen LogP contribution in [0.15, 0.2) is 29.4 Å². The largest absolute Gasteiger partial charge is 0.294 e. The molecule has 0 N–H and O–H groups in total. The first-order chi connectivity index (χ1) is 12.6. The molecule has 26 heavy (non-hydrogen) atoms. The first-order valence-electron chi connectivity index (χ1n) is 9.23. The molecule has 4 rings (SSSR count). The predicted octanol–water partition coefficient (Wildman–Crippen LogP) is 3.57. The first-order valence-corrected chi connectivity index (χ1v) is 10.1. The van der Waals surface area contributed by atoms with Gasteiger partial charge in [-0.15, -0.1) is 5.10 Å². The molecule has 1 fully saturated rings. The van der Waals surface area contributed by atoms with Crippen molar-refractivity contribution >= 4 is 17.7 Å². The molecule has 1 aromatic heterocycles. The Morgan fingerprint density at radius 3 is 2.77 bits per heavy atom. The van der Waals surface area contributed by atoms with Crippen LogP contribution < -0.4 is 0 Å². The highest BCUT2D eigenvalue weighted by molar-refractivity contribution is 8.00. The zero-order valence-corrected chi connectivity index (χ0v) is 15.9. The van der Waals surface area contributed by atoms with E-state index in [1.54, 1.807) is 12.1 Å². The minimum atomic E-state index is -0.299. The van der Waals surface area contributed by atoms with Gasteiger partial charge in [0.2, 0.25) is 0 Å². The van der Waals surface area contributed by atoms with E-state index >= 15 is 0 Å². The number of halogens is 1. The standard InChI is InChI=1S/C19H23FN4OS/c1-3-15-21-19-24(22-15)18(25)17(26-19)16(13-6-8-14(20)9-7-13)23-10-4-5-12(2)11-23/h6-9,12,16-17H,3-5,10-11H2,1-2H3. The Kier molecular flexibility index (Phi) is 4.84. The van der Waals surface area contributed by atoms with Crippen LogP contribution in [0, 0.1) is 11.7 Å². The van der Waals surface area contributed by atoms with Crippen LogP contribution in [-0.4, -0.2) is 43.9 Å². The van der Waals surface area contributed by atoms with Crippen LogP contribution in [0.2, 0.25) is 0 Å². The topological polar surface area (TPSA) is 51.0 Å². The summed E-state index contributed by atoms with van der Waals surface area (Å²) in [5.41, 5.74) is 0.979. The van der Waals surface area contributed by atoms with Crippen LogP contribution in [0.3, 0.4) is 0 Å². The molecule has 0 saturated carbocycles. The fourth-order valence-corrected chi connectivity index (χ4v) is 5.18. The molecule has 2 aromatic rings. The molecule has 3 atom stereocenters. The van der Waals surface area contributed by atoms with E-state index in [4.69, 9.17) is 0 Å². The second-order valence-corrected chi connectivity index (χ2v) is 8.30. The number of aryl methyl sites for hydroxylation is 1. The normalized spacial score (nSPS) is 24.7. The highest BCUT2D eigenvalue weighted by atomic mass is 32.2. The lowest BCUT2D eigenvalue weighted by Crippen LogP contribution is -2.43. The summed E-state index contributed by atoms with van der Waals surface area (Å²) in [5.74, 6) is 1.01. The van der Waals surface area contributed by atoms with Gasteiger partial charge in [-0.25, -0.2) is 9.37 Å². The van der Waals surface area contributed by atoms with Gasteiger partial charge in [0.05, 0.1) is 6.04 Å². The molecule has 0 radical (unpaired) electrons. The fraction of sp³-hybridized carbons (Fsp3) is 0.526. The lowest BCUT2D eigenvalue weighted by Gasteiger charge is -2.39. The van der Waals surface area contributed by atoms with Crippen LogP contribution in [0.5, 0.6) is 0 Å². The number of nitrogens with zero attached hydrogens (tertiary/aromatic N) is 4. The molecule has 2 aliphatic heterocycles. The highest BCUT2D eigenvalue weighted by Crippen LogP contribution is 2.42. The number of rotatable bonds is 4. The van der Waals surface area contributed by atoms with E-state index in [0.717, 1.165) is 25.1 Å². The van der Waals surface area contributed by atoms with Gasteiger partial charge in [-0.3, -0.25) is 9.69 Å². The minimum absolute atomic E-state index is 0.0234. The van der Waals surface area contributed by atoms with Gasteiger partial charge in [0.25, 0.3) is 5.91 Å². The number of likely N-dealkylation sites (tertiary alicyclic amines) is 1. The monoisotopic (exact) mass is 374 g/mol. The number of thioether (sulfide) groups is 1. The molecule has 1 saturated heterocycles. The van der Waals surface area contributed by atoms with Crippen molar-refractivity contribution in [1.29, 1.82) is 0 Å². The summed E-state index contributed by atoms with van der Waals surface area (Å²) in [7, 11) is 0. The van der Waals surface area contributed by atoms with Gasteiger partial charge in [0.1, 0.15) is 11.1 Å². The van der Waals surface area contributed by atoms with Crippen molar-refractivity contribution in [3.8, 4) is 0 Å². The lowest BCUT2D eigenvalue weighted by atomic mass is 9.94. The van der Waals surface area contributed by atoms with E-state index in [1.165, 1.54) is 35.0 Å². The number of piperidine rings is 1. The SMILES string of the molecule is CCc1nc2n(n1)C(=O)C(C(c1ccc(F)cc1)N1CCCC(C)C1)S2. The van der Waals surface area contributed by atoms with Crippen molar-refractivity contribution in [2.75, 3.05) is 13.1 Å². The summed E-state index contributed by atoms with van der Waals surface area (Å²) >= 11 is 1.49. The van der Waals surface area contributed by atoms with E-state index in [9.17, 15) is 9.18 Å². The number of benzene rings is 1. The molecule has 0 amide bonds. The van der Waals surface area contributed by atoms with Gasteiger partial charge in [-0.2, -0.15) is 4.68 Å². The van der Waals surface area contributed by atoms with Crippen LogP contribution in [0.25, 0.3) is 0 Å². The van der Waals surface area contributed by atoms with Crippen molar-refractivity contribution in [1.82, 2.24) is 19.7 Å².